The molecule has 0 aliphatic carbocycles. The van der Waals surface area contributed by atoms with Gasteiger partial charge in [-0.05, 0) is 32.9 Å². The quantitative estimate of drug-likeness (QED) is 0.863. The highest BCUT2D eigenvalue weighted by atomic mass is 19.1. The number of amides is 1. The van der Waals surface area contributed by atoms with Gasteiger partial charge in [0.05, 0.1) is 7.11 Å². The lowest BCUT2D eigenvalue weighted by Crippen LogP contribution is -2.37. The Labute approximate surface area is 113 Å². The van der Waals surface area contributed by atoms with E-state index in [2.05, 4.69) is 10.6 Å². The molecule has 4 nitrogen and oxygen atoms in total. The van der Waals surface area contributed by atoms with Crippen molar-refractivity contribution in [3.8, 4) is 5.75 Å². The average Bonchev–Trinajstić information content (AvgIpc) is 2.30. The van der Waals surface area contributed by atoms with E-state index >= 15 is 0 Å². The standard InChI is InChI=1S/C14H21FN2O2/c1-14(2,3)16-8-7-13(18)17-10-5-6-11(15)12(9-10)19-4/h5-6,9,16H,7-8H2,1-4H3,(H,17,18). The summed E-state index contributed by atoms with van der Waals surface area (Å²) in [6.07, 6.45) is 0.358. The van der Waals surface area contributed by atoms with Gasteiger partial charge in [0, 0.05) is 30.3 Å². The fraction of sp³-hybridized carbons (Fsp3) is 0.500. The van der Waals surface area contributed by atoms with Crippen LogP contribution in [0.15, 0.2) is 18.2 Å². The monoisotopic (exact) mass is 268 g/mol. The van der Waals surface area contributed by atoms with E-state index in [0.29, 0.717) is 18.7 Å². The van der Waals surface area contributed by atoms with Crippen molar-refractivity contribution in [2.75, 3.05) is 19.0 Å². The molecule has 0 aliphatic heterocycles. The topological polar surface area (TPSA) is 50.4 Å². The summed E-state index contributed by atoms with van der Waals surface area (Å²) in [4.78, 5) is 11.7. The molecule has 0 saturated heterocycles. The highest BCUT2D eigenvalue weighted by Gasteiger charge is 2.10. The van der Waals surface area contributed by atoms with Crippen LogP contribution in [0.4, 0.5) is 10.1 Å². The van der Waals surface area contributed by atoms with Crippen molar-refractivity contribution in [1.82, 2.24) is 5.32 Å². The predicted octanol–water partition coefficient (Wildman–Crippen LogP) is 2.55. The van der Waals surface area contributed by atoms with E-state index in [1.165, 1.54) is 25.3 Å². The van der Waals surface area contributed by atoms with Crippen molar-refractivity contribution < 1.29 is 13.9 Å². The van der Waals surface area contributed by atoms with Crippen LogP contribution >= 0.6 is 0 Å². The lowest BCUT2D eigenvalue weighted by molar-refractivity contribution is -0.116. The largest absolute Gasteiger partial charge is 0.494 e. The third kappa shape index (κ3) is 5.70. The van der Waals surface area contributed by atoms with Crippen LogP contribution in [0, 0.1) is 5.82 Å². The summed E-state index contributed by atoms with van der Waals surface area (Å²) in [6, 6.07) is 4.24. The summed E-state index contributed by atoms with van der Waals surface area (Å²) in [5, 5.41) is 5.93. The van der Waals surface area contributed by atoms with Crippen LogP contribution in [0.1, 0.15) is 27.2 Å². The lowest BCUT2D eigenvalue weighted by Gasteiger charge is -2.20. The zero-order chi connectivity index (χ0) is 14.5. The molecule has 1 rings (SSSR count). The van der Waals surface area contributed by atoms with Gasteiger partial charge in [0.1, 0.15) is 0 Å². The van der Waals surface area contributed by atoms with Gasteiger partial charge < -0.3 is 15.4 Å². The minimum Gasteiger partial charge on any atom is -0.494 e. The summed E-state index contributed by atoms with van der Waals surface area (Å²) in [7, 11) is 1.39. The molecule has 0 aliphatic rings. The van der Waals surface area contributed by atoms with Crippen molar-refractivity contribution in [2.45, 2.75) is 32.7 Å². The smallest absolute Gasteiger partial charge is 0.225 e. The summed E-state index contributed by atoms with van der Waals surface area (Å²) in [5.41, 5.74) is 0.512. The number of benzene rings is 1. The van der Waals surface area contributed by atoms with Crippen LogP contribution in [0.5, 0.6) is 5.75 Å². The Morgan fingerprint density at radius 2 is 2.05 bits per heavy atom. The Morgan fingerprint density at radius 3 is 2.63 bits per heavy atom. The van der Waals surface area contributed by atoms with Crippen LogP contribution in [0.3, 0.4) is 0 Å². The van der Waals surface area contributed by atoms with Crippen molar-refractivity contribution in [1.29, 1.82) is 0 Å². The van der Waals surface area contributed by atoms with Crippen molar-refractivity contribution >= 4 is 11.6 Å². The molecule has 0 bridgehead atoms. The van der Waals surface area contributed by atoms with Gasteiger partial charge in [-0.25, -0.2) is 4.39 Å². The third-order valence-electron chi connectivity index (χ3n) is 2.44. The van der Waals surface area contributed by atoms with Crippen LogP contribution in [0.2, 0.25) is 0 Å². The average molecular weight is 268 g/mol. The molecule has 19 heavy (non-hydrogen) atoms. The summed E-state index contributed by atoms with van der Waals surface area (Å²) < 4.78 is 18.0. The molecule has 0 spiro atoms. The van der Waals surface area contributed by atoms with Gasteiger partial charge in [-0.2, -0.15) is 0 Å². The Morgan fingerprint density at radius 1 is 1.37 bits per heavy atom. The Kier molecular flexibility index (Phi) is 5.30. The number of methoxy groups -OCH3 is 1. The van der Waals surface area contributed by atoms with Gasteiger partial charge in [0.25, 0.3) is 0 Å². The second-order valence-corrected chi connectivity index (χ2v) is 5.32. The molecule has 1 amide bonds. The second kappa shape index (κ2) is 6.52. The van der Waals surface area contributed by atoms with Gasteiger partial charge in [-0.3, -0.25) is 4.79 Å². The number of ether oxygens (including phenoxy) is 1. The Bertz CT molecular complexity index is 442. The van der Waals surface area contributed by atoms with Crippen molar-refractivity contribution in [3.05, 3.63) is 24.0 Å². The molecule has 0 atom stereocenters. The second-order valence-electron chi connectivity index (χ2n) is 5.32. The van der Waals surface area contributed by atoms with E-state index in [-0.39, 0.29) is 17.2 Å². The number of hydrogen-bond donors (Lipinski definition) is 2. The minimum absolute atomic E-state index is 0.0145. The van der Waals surface area contributed by atoms with E-state index < -0.39 is 5.82 Å². The molecule has 0 fully saturated rings. The maximum absolute atomic E-state index is 13.2. The first-order valence-electron chi connectivity index (χ1n) is 6.20. The number of hydrogen-bond acceptors (Lipinski definition) is 3. The van der Waals surface area contributed by atoms with Crippen molar-refractivity contribution in [3.63, 3.8) is 0 Å². The van der Waals surface area contributed by atoms with E-state index in [0.717, 1.165) is 0 Å². The number of rotatable bonds is 5. The zero-order valence-electron chi connectivity index (χ0n) is 11.8. The Hall–Kier alpha value is -1.62. The van der Waals surface area contributed by atoms with Gasteiger partial charge in [0.2, 0.25) is 5.91 Å². The number of nitrogens with one attached hydrogen (secondary N) is 2. The van der Waals surface area contributed by atoms with Gasteiger partial charge in [-0.1, -0.05) is 0 Å². The molecule has 0 heterocycles. The molecule has 0 aromatic heterocycles. The summed E-state index contributed by atoms with van der Waals surface area (Å²) in [6.45, 7) is 6.70. The van der Waals surface area contributed by atoms with Gasteiger partial charge in [-0.15, -0.1) is 0 Å². The van der Waals surface area contributed by atoms with E-state index in [1.807, 2.05) is 20.8 Å². The van der Waals surface area contributed by atoms with E-state index in [9.17, 15) is 9.18 Å². The first-order chi connectivity index (χ1) is 8.81. The van der Waals surface area contributed by atoms with Crippen molar-refractivity contribution in [2.24, 2.45) is 0 Å². The maximum atomic E-state index is 13.2. The molecular formula is C14H21FN2O2. The molecule has 106 valence electrons. The summed E-state index contributed by atoms with van der Waals surface area (Å²) in [5.74, 6) is -0.453. The molecule has 0 saturated carbocycles. The molecule has 0 unspecified atom stereocenters. The SMILES string of the molecule is COc1cc(NC(=O)CCNC(C)(C)C)ccc1F. The number of anilines is 1. The highest BCUT2D eigenvalue weighted by Crippen LogP contribution is 2.21. The van der Waals surface area contributed by atoms with Gasteiger partial charge in [0.15, 0.2) is 11.6 Å². The highest BCUT2D eigenvalue weighted by molar-refractivity contribution is 5.91. The van der Waals surface area contributed by atoms with Gasteiger partial charge >= 0.3 is 0 Å². The lowest BCUT2D eigenvalue weighted by atomic mass is 10.1. The Balaban J connectivity index is 2.48. The molecule has 1 aromatic carbocycles. The molecule has 5 heteroatoms. The fourth-order valence-electron chi connectivity index (χ4n) is 1.51. The number of carbonyl (C=O) groups is 1. The van der Waals surface area contributed by atoms with Crippen LogP contribution in [-0.4, -0.2) is 25.1 Å². The fourth-order valence-corrected chi connectivity index (χ4v) is 1.51. The first kappa shape index (κ1) is 15.4. The first-order valence-corrected chi connectivity index (χ1v) is 6.20. The van der Waals surface area contributed by atoms with Crippen LogP contribution in [0.25, 0.3) is 0 Å². The predicted molar refractivity (Wildman–Crippen MR) is 74.0 cm³/mol. The van der Waals surface area contributed by atoms with E-state index in [1.54, 1.807) is 0 Å². The normalized spacial score (nSPS) is 11.2. The number of carbonyl (C=O) groups excluding carboxylic acids is 1. The maximum Gasteiger partial charge on any atom is 0.225 e. The zero-order valence-corrected chi connectivity index (χ0v) is 11.8. The molecule has 2 N–H and O–H groups in total. The van der Waals surface area contributed by atoms with Crippen LogP contribution < -0.4 is 15.4 Å². The number of halogens is 1. The minimum atomic E-state index is -0.449. The summed E-state index contributed by atoms with van der Waals surface area (Å²) >= 11 is 0. The molecule has 0 radical (unpaired) electrons. The molecule has 1 aromatic rings. The molecular weight excluding hydrogens is 247 g/mol. The van der Waals surface area contributed by atoms with E-state index in [4.69, 9.17) is 4.74 Å². The third-order valence-corrected chi connectivity index (χ3v) is 2.44. The van der Waals surface area contributed by atoms with Crippen LogP contribution in [-0.2, 0) is 4.79 Å².